The SMILES string of the molecule is CC(O)C1=CC(=O)NC1=O. The molecule has 0 saturated heterocycles. The fraction of sp³-hybridized carbons (Fsp3) is 0.333. The lowest BCUT2D eigenvalue weighted by Crippen LogP contribution is -2.24. The Labute approximate surface area is 57.5 Å². The molecule has 1 rings (SSSR count). The highest BCUT2D eigenvalue weighted by Gasteiger charge is 2.23. The van der Waals surface area contributed by atoms with Crippen LogP contribution in [0.25, 0.3) is 0 Å². The van der Waals surface area contributed by atoms with E-state index in [0.29, 0.717) is 0 Å². The molecule has 0 radical (unpaired) electrons. The normalized spacial score (nSPS) is 20.4. The van der Waals surface area contributed by atoms with E-state index < -0.39 is 17.9 Å². The lowest BCUT2D eigenvalue weighted by Gasteiger charge is -1.99. The van der Waals surface area contributed by atoms with Crippen molar-refractivity contribution in [1.82, 2.24) is 5.32 Å². The van der Waals surface area contributed by atoms with Crippen LogP contribution in [0.2, 0.25) is 0 Å². The van der Waals surface area contributed by atoms with E-state index in [4.69, 9.17) is 5.11 Å². The van der Waals surface area contributed by atoms with Crippen molar-refractivity contribution in [2.24, 2.45) is 0 Å². The quantitative estimate of drug-likeness (QED) is 0.458. The molecule has 0 saturated carbocycles. The van der Waals surface area contributed by atoms with Crippen LogP contribution in [0.1, 0.15) is 6.92 Å². The van der Waals surface area contributed by atoms with Crippen molar-refractivity contribution in [2.75, 3.05) is 0 Å². The van der Waals surface area contributed by atoms with Crippen molar-refractivity contribution in [3.63, 3.8) is 0 Å². The Hall–Kier alpha value is -1.16. The number of aliphatic hydroxyl groups is 1. The number of carbonyl (C=O) groups is 2. The number of carbonyl (C=O) groups excluding carboxylic acids is 2. The van der Waals surface area contributed by atoms with Crippen molar-refractivity contribution in [3.8, 4) is 0 Å². The fourth-order valence-electron chi connectivity index (χ4n) is 0.737. The molecule has 1 unspecified atom stereocenters. The monoisotopic (exact) mass is 141 g/mol. The second kappa shape index (κ2) is 2.22. The van der Waals surface area contributed by atoms with Gasteiger partial charge in [0, 0.05) is 6.08 Å². The zero-order valence-electron chi connectivity index (χ0n) is 5.42. The average molecular weight is 141 g/mol. The molecule has 4 heteroatoms. The first-order chi connectivity index (χ1) is 4.61. The topological polar surface area (TPSA) is 66.4 Å². The van der Waals surface area contributed by atoms with Gasteiger partial charge in [0.1, 0.15) is 0 Å². The van der Waals surface area contributed by atoms with E-state index in [-0.39, 0.29) is 5.57 Å². The Balaban J connectivity index is 2.85. The van der Waals surface area contributed by atoms with Gasteiger partial charge in [0.05, 0.1) is 11.7 Å². The summed E-state index contributed by atoms with van der Waals surface area (Å²) in [5.41, 5.74) is 0.130. The summed E-state index contributed by atoms with van der Waals surface area (Å²) in [7, 11) is 0. The first-order valence-electron chi connectivity index (χ1n) is 2.86. The number of amides is 2. The van der Waals surface area contributed by atoms with Gasteiger partial charge < -0.3 is 5.11 Å². The van der Waals surface area contributed by atoms with Crippen LogP contribution in [0.15, 0.2) is 11.6 Å². The summed E-state index contributed by atoms with van der Waals surface area (Å²) in [6.45, 7) is 1.43. The van der Waals surface area contributed by atoms with Gasteiger partial charge in [-0.2, -0.15) is 0 Å². The first kappa shape index (κ1) is 6.95. The van der Waals surface area contributed by atoms with Gasteiger partial charge in [0.15, 0.2) is 0 Å². The number of hydrogen-bond donors (Lipinski definition) is 2. The molecule has 1 heterocycles. The van der Waals surface area contributed by atoms with E-state index in [2.05, 4.69) is 0 Å². The molecule has 4 nitrogen and oxygen atoms in total. The Morgan fingerprint density at radius 1 is 1.60 bits per heavy atom. The third kappa shape index (κ3) is 1.06. The van der Waals surface area contributed by atoms with Crippen LogP contribution in [-0.2, 0) is 9.59 Å². The Bertz CT molecular complexity index is 217. The third-order valence-corrected chi connectivity index (χ3v) is 1.24. The second-order valence-corrected chi connectivity index (χ2v) is 2.09. The van der Waals surface area contributed by atoms with Crippen molar-refractivity contribution < 1.29 is 14.7 Å². The number of hydrogen-bond acceptors (Lipinski definition) is 3. The van der Waals surface area contributed by atoms with E-state index in [1.165, 1.54) is 6.92 Å². The molecule has 1 aliphatic rings. The van der Waals surface area contributed by atoms with Crippen molar-refractivity contribution in [2.45, 2.75) is 13.0 Å². The molecule has 10 heavy (non-hydrogen) atoms. The molecule has 0 bridgehead atoms. The summed E-state index contributed by atoms with van der Waals surface area (Å²) in [5.74, 6) is -0.957. The molecule has 0 aromatic rings. The number of nitrogens with one attached hydrogen (secondary N) is 1. The number of imide groups is 1. The summed E-state index contributed by atoms with van der Waals surface area (Å²) >= 11 is 0. The van der Waals surface area contributed by atoms with Gasteiger partial charge in [0.25, 0.3) is 11.8 Å². The smallest absolute Gasteiger partial charge is 0.256 e. The van der Waals surface area contributed by atoms with Gasteiger partial charge in [-0.05, 0) is 6.92 Å². The van der Waals surface area contributed by atoms with Gasteiger partial charge in [-0.1, -0.05) is 0 Å². The summed E-state index contributed by atoms with van der Waals surface area (Å²) in [6.07, 6.45) is 0.235. The number of aliphatic hydroxyl groups excluding tert-OH is 1. The van der Waals surface area contributed by atoms with Crippen LogP contribution < -0.4 is 5.32 Å². The Morgan fingerprint density at radius 2 is 2.20 bits per heavy atom. The van der Waals surface area contributed by atoms with Crippen LogP contribution in [0.4, 0.5) is 0 Å². The van der Waals surface area contributed by atoms with E-state index in [1.54, 1.807) is 0 Å². The highest BCUT2D eigenvalue weighted by atomic mass is 16.3. The maximum atomic E-state index is 10.7. The molecular weight excluding hydrogens is 134 g/mol. The molecule has 0 aromatic carbocycles. The van der Waals surface area contributed by atoms with Crippen LogP contribution in [0, 0.1) is 0 Å². The minimum absolute atomic E-state index is 0.130. The summed E-state index contributed by atoms with van der Waals surface area (Å²) < 4.78 is 0. The number of rotatable bonds is 1. The van der Waals surface area contributed by atoms with Crippen LogP contribution in [-0.4, -0.2) is 23.0 Å². The van der Waals surface area contributed by atoms with Crippen molar-refractivity contribution in [3.05, 3.63) is 11.6 Å². The zero-order chi connectivity index (χ0) is 7.72. The van der Waals surface area contributed by atoms with E-state index in [0.717, 1.165) is 6.08 Å². The lowest BCUT2D eigenvalue weighted by molar-refractivity contribution is -0.124. The van der Waals surface area contributed by atoms with Crippen LogP contribution >= 0.6 is 0 Å². The predicted octanol–water partition coefficient (Wildman–Crippen LogP) is -1.05. The molecule has 54 valence electrons. The van der Waals surface area contributed by atoms with Crippen LogP contribution in [0.3, 0.4) is 0 Å². The average Bonchev–Trinajstić information content (AvgIpc) is 2.10. The molecule has 0 aromatic heterocycles. The lowest BCUT2D eigenvalue weighted by atomic mass is 10.2. The largest absolute Gasteiger partial charge is 0.388 e. The first-order valence-corrected chi connectivity index (χ1v) is 2.86. The molecule has 0 spiro atoms. The van der Waals surface area contributed by atoms with Gasteiger partial charge in [0.2, 0.25) is 0 Å². The fourth-order valence-corrected chi connectivity index (χ4v) is 0.737. The predicted molar refractivity (Wildman–Crippen MR) is 32.9 cm³/mol. The molecular formula is C6H7NO3. The summed E-state index contributed by atoms with van der Waals surface area (Å²) in [4.78, 5) is 21.1. The minimum Gasteiger partial charge on any atom is -0.388 e. The highest BCUT2D eigenvalue weighted by Crippen LogP contribution is 2.06. The van der Waals surface area contributed by atoms with Crippen molar-refractivity contribution in [1.29, 1.82) is 0 Å². The minimum atomic E-state index is -0.869. The highest BCUT2D eigenvalue weighted by molar-refractivity contribution is 6.16. The Morgan fingerprint density at radius 3 is 2.40 bits per heavy atom. The van der Waals surface area contributed by atoms with Crippen molar-refractivity contribution >= 4 is 11.8 Å². The molecule has 0 fully saturated rings. The maximum Gasteiger partial charge on any atom is 0.256 e. The van der Waals surface area contributed by atoms with Gasteiger partial charge >= 0.3 is 0 Å². The molecule has 1 aliphatic heterocycles. The van der Waals surface area contributed by atoms with E-state index in [9.17, 15) is 9.59 Å². The van der Waals surface area contributed by atoms with Gasteiger partial charge in [-0.3, -0.25) is 14.9 Å². The van der Waals surface area contributed by atoms with Gasteiger partial charge in [-0.15, -0.1) is 0 Å². The summed E-state index contributed by atoms with van der Waals surface area (Å²) in [6, 6.07) is 0. The maximum absolute atomic E-state index is 10.7. The van der Waals surface area contributed by atoms with Gasteiger partial charge in [-0.25, -0.2) is 0 Å². The van der Waals surface area contributed by atoms with E-state index >= 15 is 0 Å². The zero-order valence-corrected chi connectivity index (χ0v) is 5.42. The molecule has 2 N–H and O–H groups in total. The molecule has 2 amide bonds. The summed E-state index contributed by atoms with van der Waals surface area (Å²) in [5, 5.41) is 10.9. The molecule has 1 atom stereocenters. The third-order valence-electron chi connectivity index (χ3n) is 1.24. The van der Waals surface area contributed by atoms with Crippen LogP contribution in [0.5, 0.6) is 0 Å². The Kier molecular flexibility index (Phi) is 1.55. The molecule has 0 aliphatic carbocycles. The van der Waals surface area contributed by atoms with E-state index in [1.807, 2.05) is 5.32 Å². The second-order valence-electron chi connectivity index (χ2n) is 2.09. The standard InChI is InChI=1S/C6H7NO3/c1-3(8)4-2-5(9)7-6(4)10/h2-3,8H,1H3,(H,7,9,10).